The van der Waals surface area contributed by atoms with Crippen molar-refractivity contribution < 1.29 is 14.7 Å². The number of carboxylic acid groups (broad SMARTS) is 1. The van der Waals surface area contributed by atoms with Gasteiger partial charge in [-0.25, -0.2) is 4.79 Å². The Morgan fingerprint density at radius 2 is 1.73 bits per heavy atom. The molecule has 0 radical (unpaired) electrons. The summed E-state index contributed by atoms with van der Waals surface area (Å²) in [5.41, 5.74) is 0.246. The molecule has 2 atom stereocenters. The Morgan fingerprint density at radius 3 is 2.27 bits per heavy atom. The molecule has 2 rings (SSSR count). The summed E-state index contributed by atoms with van der Waals surface area (Å²) in [5.74, 6) is 1.06. The molecule has 5 heteroatoms. The summed E-state index contributed by atoms with van der Waals surface area (Å²) in [6.07, 6.45) is 6.60. The molecule has 0 aromatic carbocycles. The molecule has 1 aliphatic carbocycles. The normalized spacial score (nSPS) is 28.9. The van der Waals surface area contributed by atoms with E-state index in [1.807, 2.05) is 0 Å². The Hall–Kier alpha value is -1.52. The van der Waals surface area contributed by atoms with Crippen molar-refractivity contribution in [3.63, 3.8) is 0 Å². The van der Waals surface area contributed by atoms with Gasteiger partial charge in [-0.05, 0) is 29.7 Å². The number of amides is 2. The van der Waals surface area contributed by atoms with Crippen LogP contribution in [-0.2, 0) is 4.79 Å². The predicted octanol–water partition coefficient (Wildman–Crippen LogP) is 2.83. The fourth-order valence-corrected chi connectivity index (χ4v) is 3.86. The molecular weight excluding hydrogens is 280 g/mol. The molecule has 2 aliphatic rings. The van der Waals surface area contributed by atoms with E-state index in [9.17, 15) is 9.59 Å². The summed E-state index contributed by atoms with van der Waals surface area (Å²) in [5, 5.41) is 8.93. The maximum absolute atomic E-state index is 12.3. The largest absolute Gasteiger partial charge is 0.465 e. The Labute approximate surface area is 133 Å². The molecule has 1 saturated heterocycles. The maximum Gasteiger partial charge on any atom is 0.407 e. The van der Waals surface area contributed by atoms with Crippen molar-refractivity contribution in [2.24, 2.45) is 17.3 Å². The summed E-state index contributed by atoms with van der Waals surface area (Å²) in [6, 6.07) is 0. The van der Waals surface area contributed by atoms with Crippen LogP contribution in [0.2, 0.25) is 0 Å². The molecular formula is C17H28N2O3. The van der Waals surface area contributed by atoms with Crippen molar-refractivity contribution in [2.45, 2.75) is 40.0 Å². The summed E-state index contributed by atoms with van der Waals surface area (Å²) < 4.78 is 0. The Kier molecular flexibility index (Phi) is 5.14. The van der Waals surface area contributed by atoms with Crippen molar-refractivity contribution in [3.8, 4) is 0 Å². The van der Waals surface area contributed by atoms with E-state index >= 15 is 0 Å². The summed E-state index contributed by atoms with van der Waals surface area (Å²) in [4.78, 5) is 26.3. The molecule has 124 valence electrons. The molecule has 0 bridgehead atoms. The van der Waals surface area contributed by atoms with Gasteiger partial charge in [0.15, 0.2) is 0 Å². The van der Waals surface area contributed by atoms with Crippen LogP contribution in [0.25, 0.3) is 0 Å². The number of allylic oxidation sites excluding steroid dienone is 1. The second-order valence-corrected chi connectivity index (χ2v) is 7.34. The highest BCUT2D eigenvalue weighted by Gasteiger charge is 2.35. The van der Waals surface area contributed by atoms with Crippen LogP contribution in [0.5, 0.6) is 0 Å². The second kappa shape index (κ2) is 6.71. The second-order valence-electron chi connectivity index (χ2n) is 7.34. The minimum Gasteiger partial charge on any atom is -0.465 e. The Bertz CT molecular complexity index is 451. The average molecular weight is 308 g/mol. The monoisotopic (exact) mass is 308 g/mol. The topological polar surface area (TPSA) is 60.9 Å². The van der Waals surface area contributed by atoms with Crippen molar-refractivity contribution >= 4 is 12.0 Å². The number of carbonyl (C=O) groups excluding carboxylic acids is 1. The van der Waals surface area contributed by atoms with Gasteiger partial charge in [0.2, 0.25) is 5.91 Å². The third kappa shape index (κ3) is 3.81. The maximum atomic E-state index is 12.3. The number of nitrogens with zero attached hydrogens (tertiary/aromatic N) is 2. The molecule has 0 unspecified atom stereocenters. The van der Waals surface area contributed by atoms with Gasteiger partial charge in [0.05, 0.1) is 0 Å². The molecule has 0 aromatic rings. The minimum atomic E-state index is -0.902. The van der Waals surface area contributed by atoms with E-state index < -0.39 is 6.09 Å². The minimum absolute atomic E-state index is 0.0126. The zero-order valence-corrected chi connectivity index (χ0v) is 13.9. The lowest BCUT2D eigenvalue weighted by Crippen LogP contribution is -2.49. The van der Waals surface area contributed by atoms with E-state index in [0.29, 0.717) is 38.0 Å². The number of hydrogen-bond acceptors (Lipinski definition) is 2. The first-order chi connectivity index (χ1) is 10.3. The van der Waals surface area contributed by atoms with Crippen molar-refractivity contribution in [1.29, 1.82) is 0 Å². The van der Waals surface area contributed by atoms with Gasteiger partial charge < -0.3 is 14.9 Å². The molecule has 1 aliphatic heterocycles. The van der Waals surface area contributed by atoms with Crippen LogP contribution in [0.4, 0.5) is 4.79 Å². The average Bonchev–Trinajstić information content (AvgIpc) is 2.46. The third-order valence-corrected chi connectivity index (χ3v) is 5.30. The number of rotatable bonds is 2. The van der Waals surface area contributed by atoms with Gasteiger partial charge in [-0.15, -0.1) is 0 Å². The van der Waals surface area contributed by atoms with Crippen LogP contribution in [0.3, 0.4) is 0 Å². The Morgan fingerprint density at radius 1 is 1.14 bits per heavy atom. The van der Waals surface area contributed by atoms with Gasteiger partial charge in [0.1, 0.15) is 0 Å². The van der Waals surface area contributed by atoms with Crippen molar-refractivity contribution in [2.75, 3.05) is 26.2 Å². The summed E-state index contributed by atoms with van der Waals surface area (Å²) in [6.45, 7) is 8.62. The first-order valence-corrected chi connectivity index (χ1v) is 8.26. The van der Waals surface area contributed by atoms with Crippen LogP contribution in [0.15, 0.2) is 12.2 Å². The fraction of sp³-hybridized carbons (Fsp3) is 0.765. The highest BCUT2D eigenvalue weighted by atomic mass is 16.4. The zero-order valence-electron chi connectivity index (χ0n) is 13.9. The van der Waals surface area contributed by atoms with Gasteiger partial charge in [0.25, 0.3) is 0 Å². The number of hydrogen-bond donors (Lipinski definition) is 1. The smallest absolute Gasteiger partial charge is 0.407 e. The van der Waals surface area contributed by atoms with Gasteiger partial charge in [-0.1, -0.05) is 39.7 Å². The number of piperazine rings is 1. The highest BCUT2D eigenvalue weighted by Crippen LogP contribution is 2.44. The first-order valence-electron chi connectivity index (χ1n) is 8.26. The van der Waals surface area contributed by atoms with E-state index in [-0.39, 0.29) is 11.3 Å². The molecule has 0 aromatic heterocycles. The third-order valence-electron chi connectivity index (χ3n) is 5.30. The van der Waals surface area contributed by atoms with Crippen LogP contribution < -0.4 is 0 Å². The standard InChI is InChI=1S/C17H28N2O3/c1-13-5-4-8-17(2,3)14(13)6-7-15(20)18-9-11-19(12-10-18)16(21)22/h6-7,13-14H,4-5,8-12H2,1-3H3,(H,21,22)/t13-,14+/m0/s1. The van der Waals surface area contributed by atoms with Gasteiger partial charge in [-0.2, -0.15) is 0 Å². The fourth-order valence-electron chi connectivity index (χ4n) is 3.86. The quantitative estimate of drug-likeness (QED) is 0.798. The zero-order chi connectivity index (χ0) is 16.3. The van der Waals surface area contributed by atoms with Crippen molar-refractivity contribution in [3.05, 3.63) is 12.2 Å². The molecule has 0 spiro atoms. The molecule has 5 nitrogen and oxygen atoms in total. The lowest BCUT2D eigenvalue weighted by molar-refractivity contribution is -0.127. The van der Waals surface area contributed by atoms with E-state index in [1.165, 1.54) is 24.2 Å². The number of carbonyl (C=O) groups is 2. The van der Waals surface area contributed by atoms with Crippen LogP contribution in [0, 0.1) is 17.3 Å². The lowest BCUT2D eigenvalue weighted by Gasteiger charge is -2.41. The first kappa shape index (κ1) is 16.8. The molecule has 1 saturated carbocycles. The summed E-state index contributed by atoms with van der Waals surface area (Å²) in [7, 11) is 0. The molecule has 22 heavy (non-hydrogen) atoms. The predicted molar refractivity (Wildman–Crippen MR) is 85.6 cm³/mol. The van der Waals surface area contributed by atoms with Crippen LogP contribution in [0.1, 0.15) is 40.0 Å². The molecule has 2 amide bonds. The lowest BCUT2D eigenvalue weighted by atomic mass is 9.64. The Balaban J connectivity index is 1.92. The van der Waals surface area contributed by atoms with Crippen LogP contribution >= 0.6 is 0 Å². The van der Waals surface area contributed by atoms with E-state index in [1.54, 1.807) is 11.0 Å². The summed E-state index contributed by atoms with van der Waals surface area (Å²) >= 11 is 0. The molecule has 1 heterocycles. The highest BCUT2D eigenvalue weighted by molar-refractivity contribution is 5.87. The van der Waals surface area contributed by atoms with Gasteiger partial charge >= 0.3 is 6.09 Å². The van der Waals surface area contributed by atoms with Crippen LogP contribution in [-0.4, -0.2) is 53.1 Å². The molecule has 2 fully saturated rings. The van der Waals surface area contributed by atoms with E-state index in [2.05, 4.69) is 26.8 Å². The van der Waals surface area contributed by atoms with Gasteiger partial charge in [-0.3, -0.25) is 4.79 Å². The van der Waals surface area contributed by atoms with E-state index in [4.69, 9.17) is 5.11 Å². The SMILES string of the molecule is C[C@H]1CCCC(C)(C)[C@@H]1C=CC(=O)N1CCN(C(=O)O)CC1. The van der Waals surface area contributed by atoms with Crippen molar-refractivity contribution in [1.82, 2.24) is 9.80 Å². The van der Waals surface area contributed by atoms with E-state index in [0.717, 1.165) is 0 Å². The molecule has 1 N–H and O–H groups in total. The van der Waals surface area contributed by atoms with Gasteiger partial charge in [0, 0.05) is 26.2 Å².